The highest BCUT2D eigenvalue weighted by Gasteiger charge is 2.35. The molecular weight excluding hydrogens is 337 g/mol. The number of thioether (sulfide) groups is 1. The molecule has 0 atom stereocenters. The zero-order valence-corrected chi connectivity index (χ0v) is 12.4. The van der Waals surface area contributed by atoms with E-state index in [-0.39, 0.29) is 10.0 Å². The van der Waals surface area contributed by atoms with Gasteiger partial charge in [0.25, 0.3) is 0 Å². The lowest BCUT2D eigenvalue weighted by atomic mass is 10.3. The van der Waals surface area contributed by atoms with Crippen molar-refractivity contribution in [1.82, 2.24) is 19.9 Å². The Morgan fingerprint density at radius 1 is 1.18 bits per heavy atom. The van der Waals surface area contributed by atoms with Crippen LogP contribution in [0.15, 0.2) is 35.5 Å². The van der Waals surface area contributed by atoms with Crippen LogP contribution in [0.5, 0.6) is 0 Å². The Kier molecular flexibility index (Phi) is 3.96. The van der Waals surface area contributed by atoms with Gasteiger partial charge in [0, 0.05) is 0 Å². The van der Waals surface area contributed by atoms with Crippen LogP contribution in [-0.2, 0) is 11.9 Å². The third-order valence-corrected chi connectivity index (χ3v) is 4.14. The molecule has 3 rings (SSSR count). The van der Waals surface area contributed by atoms with E-state index in [1.807, 2.05) is 24.3 Å². The maximum Gasteiger partial charge on any atom is 0.451 e. The molecule has 3 aromatic rings. The molecule has 22 heavy (non-hydrogen) atoms. The number of rotatable bonds is 3. The van der Waals surface area contributed by atoms with E-state index in [2.05, 4.69) is 19.9 Å². The average Bonchev–Trinajstić information content (AvgIpc) is 2.88. The zero-order chi connectivity index (χ0) is 15.7. The third-order valence-electron chi connectivity index (χ3n) is 2.75. The lowest BCUT2D eigenvalue weighted by Gasteiger charge is -2.07. The number of aromatic amines is 1. The van der Waals surface area contributed by atoms with E-state index in [9.17, 15) is 13.2 Å². The highest BCUT2D eigenvalue weighted by atomic mass is 35.5. The van der Waals surface area contributed by atoms with Crippen molar-refractivity contribution < 1.29 is 13.2 Å². The largest absolute Gasteiger partial charge is 0.451 e. The van der Waals surface area contributed by atoms with Gasteiger partial charge in [-0.3, -0.25) is 0 Å². The Morgan fingerprint density at radius 2 is 1.95 bits per heavy atom. The molecule has 0 fully saturated rings. The third kappa shape index (κ3) is 3.17. The molecule has 9 heteroatoms. The Hall–Kier alpha value is -1.80. The van der Waals surface area contributed by atoms with E-state index >= 15 is 0 Å². The van der Waals surface area contributed by atoms with Crippen molar-refractivity contribution in [3.05, 3.63) is 47.1 Å². The maximum atomic E-state index is 12.6. The molecule has 114 valence electrons. The van der Waals surface area contributed by atoms with Crippen LogP contribution in [0, 0.1) is 0 Å². The lowest BCUT2D eigenvalue weighted by Crippen LogP contribution is -2.11. The molecule has 0 aliphatic rings. The number of hydrogen-bond donors (Lipinski definition) is 1. The van der Waals surface area contributed by atoms with Crippen molar-refractivity contribution in [1.29, 1.82) is 0 Å². The highest BCUT2D eigenvalue weighted by molar-refractivity contribution is 7.98. The van der Waals surface area contributed by atoms with Gasteiger partial charge in [-0.1, -0.05) is 35.5 Å². The van der Waals surface area contributed by atoms with Crippen molar-refractivity contribution in [2.24, 2.45) is 0 Å². The number of halogens is 4. The van der Waals surface area contributed by atoms with Crippen LogP contribution in [0.1, 0.15) is 11.6 Å². The van der Waals surface area contributed by atoms with Crippen LogP contribution >= 0.6 is 23.4 Å². The molecule has 0 amide bonds. The fraction of sp³-hybridized carbons (Fsp3) is 0.154. The van der Waals surface area contributed by atoms with Crippen LogP contribution in [-0.4, -0.2) is 19.9 Å². The number of benzene rings is 1. The van der Waals surface area contributed by atoms with E-state index in [0.717, 1.165) is 29.0 Å². The van der Waals surface area contributed by atoms with Crippen LogP contribution in [0.2, 0.25) is 5.02 Å². The first kappa shape index (κ1) is 15.1. The van der Waals surface area contributed by atoms with Gasteiger partial charge in [-0.25, -0.2) is 15.0 Å². The van der Waals surface area contributed by atoms with E-state index in [1.54, 1.807) is 0 Å². The summed E-state index contributed by atoms with van der Waals surface area (Å²) in [4.78, 5) is 14.1. The summed E-state index contributed by atoms with van der Waals surface area (Å²) in [7, 11) is 0. The standard InChI is InChI=1S/C13H8ClF3N4S/c14-7-5-18-12(13(15,16)17)21-11(7)22-6-10-19-8-3-1-2-4-9(8)20-10/h1-5H,6H2,(H,19,20). The van der Waals surface area contributed by atoms with Gasteiger partial charge in [0.2, 0.25) is 5.82 Å². The average molecular weight is 345 g/mol. The molecule has 4 nitrogen and oxygen atoms in total. The molecule has 0 bridgehead atoms. The minimum absolute atomic E-state index is 0.0736. The Morgan fingerprint density at radius 3 is 2.68 bits per heavy atom. The second kappa shape index (κ2) is 5.77. The summed E-state index contributed by atoms with van der Waals surface area (Å²) < 4.78 is 37.8. The Balaban J connectivity index is 1.81. The number of imidazole rings is 1. The molecule has 0 spiro atoms. The van der Waals surface area contributed by atoms with Gasteiger partial charge in [-0.2, -0.15) is 13.2 Å². The minimum Gasteiger partial charge on any atom is -0.341 e. The lowest BCUT2D eigenvalue weighted by molar-refractivity contribution is -0.145. The van der Waals surface area contributed by atoms with E-state index in [1.165, 1.54) is 0 Å². The Labute approximate surface area is 132 Å². The summed E-state index contributed by atoms with van der Waals surface area (Å²) in [5, 5.41) is 0.151. The molecule has 1 N–H and O–H groups in total. The molecular formula is C13H8ClF3N4S. The molecule has 0 aliphatic carbocycles. The predicted molar refractivity (Wildman–Crippen MR) is 77.7 cm³/mol. The van der Waals surface area contributed by atoms with Gasteiger partial charge >= 0.3 is 6.18 Å². The predicted octanol–water partition coefficient (Wildman–Crippen LogP) is 4.32. The van der Waals surface area contributed by atoms with E-state index in [0.29, 0.717) is 11.6 Å². The molecule has 0 radical (unpaired) electrons. The molecule has 0 unspecified atom stereocenters. The molecule has 1 aromatic carbocycles. The van der Waals surface area contributed by atoms with Gasteiger partial charge < -0.3 is 4.98 Å². The number of hydrogen-bond acceptors (Lipinski definition) is 4. The first-order valence-electron chi connectivity index (χ1n) is 6.09. The number of para-hydroxylation sites is 2. The molecule has 2 heterocycles. The van der Waals surface area contributed by atoms with Gasteiger partial charge in [-0.15, -0.1) is 0 Å². The summed E-state index contributed by atoms with van der Waals surface area (Å²) in [5.74, 6) is -0.249. The van der Waals surface area contributed by atoms with Crippen molar-refractivity contribution in [3.63, 3.8) is 0 Å². The quantitative estimate of drug-likeness (QED) is 0.568. The fourth-order valence-corrected chi connectivity index (χ4v) is 2.81. The molecule has 0 saturated heterocycles. The van der Waals surface area contributed by atoms with Crippen molar-refractivity contribution >= 4 is 34.4 Å². The van der Waals surface area contributed by atoms with Gasteiger partial charge in [-0.05, 0) is 12.1 Å². The van der Waals surface area contributed by atoms with Gasteiger partial charge in [0.05, 0.1) is 28.0 Å². The minimum atomic E-state index is -4.60. The number of nitrogens with zero attached hydrogens (tertiary/aromatic N) is 3. The van der Waals surface area contributed by atoms with Gasteiger partial charge in [0.15, 0.2) is 0 Å². The zero-order valence-electron chi connectivity index (χ0n) is 10.9. The molecule has 2 aromatic heterocycles. The topological polar surface area (TPSA) is 54.5 Å². The number of fused-ring (bicyclic) bond motifs is 1. The number of aromatic nitrogens is 4. The van der Waals surface area contributed by atoms with Crippen LogP contribution in [0.3, 0.4) is 0 Å². The van der Waals surface area contributed by atoms with Crippen molar-refractivity contribution in [3.8, 4) is 0 Å². The SMILES string of the molecule is FC(F)(F)c1ncc(Cl)c(SCc2nc3ccccc3[nH]2)n1. The van der Waals surface area contributed by atoms with Crippen molar-refractivity contribution in [2.75, 3.05) is 0 Å². The van der Waals surface area contributed by atoms with Crippen LogP contribution in [0.4, 0.5) is 13.2 Å². The van der Waals surface area contributed by atoms with Crippen molar-refractivity contribution in [2.45, 2.75) is 17.0 Å². The molecule has 0 aliphatic heterocycles. The number of nitrogens with one attached hydrogen (secondary N) is 1. The van der Waals surface area contributed by atoms with E-state index in [4.69, 9.17) is 11.6 Å². The van der Waals surface area contributed by atoms with E-state index < -0.39 is 12.0 Å². The Bertz CT molecular complexity index is 785. The normalized spacial score (nSPS) is 12.0. The second-order valence-corrected chi connectivity index (χ2v) is 5.71. The number of alkyl halides is 3. The first-order valence-corrected chi connectivity index (χ1v) is 7.46. The maximum absolute atomic E-state index is 12.6. The highest BCUT2D eigenvalue weighted by Crippen LogP contribution is 2.32. The summed E-state index contributed by atoms with van der Waals surface area (Å²) in [6, 6.07) is 7.45. The summed E-state index contributed by atoms with van der Waals surface area (Å²) in [6.07, 6.45) is -3.64. The summed E-state index contributed by atoms with van der Waals surface area (Å²) in [5.41, 5.74) is 1.66. The monoisotopic (exact) mass is 344 g/mol. The second-order valence-electron chi connectivity index (χ2n) is 4.33. The molecule has 0 saturated carbocycles. The van der Waals surface area contributed by atoms with Gasteiger partial charge in [0.1, 0.15) is 10.9 Å². The van der Waals surface area contributed by atoms with Crippen LogP contribution in [0.25, 0.3) is 11.0 Å². The summed E-state index contributed by atoms with van der Waals surface area (Å²) >= 11 is 6.92. The van der Waals surface area contributed by atoms with Crippen LogP contribution < -0.4 is 0 Å². The smallest absolute Gasteiger partial charge is 0.341 e. The number of H-pyrrole nitrogens is 1. The first-order chi connectivity index (χ1) is 10.4. The fourth-order valence-electron chi connectivity index (χ4n) is 1.80. The summed E-state index contributed by atoms with van der Waals surface area (Å²) in [6.45, 7) is 0.